The van der Waals surface area contributed by atoms with Crippen LogP contribution in [0.3, 0.4) is 0 Å². The second-order valence-electron chi connectivity index (χ2n) is 2.56. The van der Waals surface area contributed by atoms with Gasteiger partial charge in [0.2, 0.25) is 0 Å². The molecule has 4 heteroatoms. The van der Waals surface area contributed by atoms with Gasteiger partial charge in [0.05, 0.1) is 10.6 Å². The minimum Gasteiger partial charge on any atom is -0.478 e. The van der Waals surface area contributed by atoms with Crippen LogP contribution in [0.15, 0.2) is 36.0 Å². The molecule has 0 bridgehead atoms. The standard InChI is InChI=1S/C9H7NO2S/c11-9(12)7-3-4-10(6-7)8-2-1-5-13-8/h1-6H,(H,11,12). The largest absolute Gasteiger partial charge is 0.478 e. The molecule has 0 aliphatic carbocycles. The number of hydrogen-bond donors (Lipinski definition) is 1. The Morgan fingerprint density at radius 1 is 1.46 bits per heavy atom. The molecule has 0 aliphatic heterocycles. The molecule has 2 aromatic rings. The van der Waals surface area contributed by atoms with E-state index in [0.717, 1.165) is 5.00 Å². The van der Waals surface area contributed by atoms with Crippen molar-refractivity contribution < 1.29 is 9.90 Å². The number of hydrogen-bond acceptors (Lipinski definition) is 2. The first-order valence-electron chi connectivity index (χ1n) is 3.72. The van der Waals surface area contributed by atoms with Crippen molar-refractivity contribution in [3.63, 3.8) is 0 Å². The van der Waals surface area contributed by atoms with Crippen LogP contribution in [0.2, 0.25) is 0 Å². The zero-order chi connectivity index (χ0) is 9.26. The zero-order valence-electron chi connectivity index (χ0n) is 6.68. The van der Waals surface area contributed by atoms with Gasteiger partial charge >= 0.3 is 5.97 Å². The molecule has 0 aromatic carbocycles. The van der Waals surface area contributed by atoms with Crippen LogP contribution in [-0.2, 0) is 0 Å². The molecule has 0 unspecified atom stereocenters. The number of aromatic nitrogens is 1. The summed E-state index contributed by atoms with van der Waals surface area (Å²) in [6.45, 7) is 0. The monoisotopic (exact) mass is 193 g/mol. The van der Waals surface area contributed by atoms with Crippen LogP contribution in [0.5, 0.6) is 0 Å². The number of carbonyl (C=O) groups is 1. The summed E-state index contributed by atoms with van der Waals surface area (Å²) >= 11 is 1.57. The average Bonchev–Trinajstić information content (AvgIpc) is 2.75. The van der Waals surface area contributed by atoms with Crippen molar-refractivity contribution >= 4 is 17.3 Å². The number of rotatable bonds is 2. The van der Waals surface area contributed by atoms with Crippen LogP contribution in [0.1, 0.15) is 10.4 Å². The van der Waals surface area contributed by atoms with E-state index in [9.17, 15) is 4.79 Å². The Balaban J connectivity index is 2.39. The van der Waals surface area contributed by atoms with Crippen molar-refractivity contribution in [1.29, 1.82) is 0 Å². The molecule has 0 atom stereocenters. The number of nitrogens with zero attached hydrogens (tertiary/aromatic N) is 1. The van der Waals surface area contributed by atoms with Gasteiger partial charge in [0.25, 0.3) is 0 Å². The molecule has 0 amide bonds. The number of carboxylic acids is 1. The lowest BCUT2D eigenvalue weighted by Gasteiger charge is -1.94. The van der Waals surface area contributed by atoms with Gasteiger partial charge in [-0.25, -0.2) is 4.79 Å². The molecule has 0 spiro atoms. The lowest BCUT2D eigenvalue weighted by Crippen LogP contribution is -1.93. The van der Waals surface area contributed by atoms with Gasteiger partial charge in [-0.2, -0.15) is 0 Å². The summed E-state index contributed by atoms with van der Waals surface area (Å²) in [7, 11) is 0. The van der Waals surface area contributed by atoms with E-state index in [2.05, 4.69) is 0 Å². The number of aromatic carboxylic acids is 1. The third-order valence-electron chi connectivity index (χ3n) is 1.70. The molecule has 0 fully saturated rings. The Morgan fingerprint density at radius 3 is 2.85 bits per heavy atom. The molecule has 0 saturated heterocycles. The summed E-state index contributed by atoms with van der Waals surface area (Å²) < 4.78 is 1.80. The summed E-state index contributed by atoms with van der Waals surface area (Å²) in [6.07, 6.45) is 3.35. The fourth-order valence-corrected chi connectivity index (χ4v) is 1.77. The van der Waals surface area contributed by atoms with Gasteiger partial charge in [-0.3, -0.25) is 0 Å². The Morgan fingerprint density at radius 2 is 2.31 bits per heavy atom. The molecule has 0 saturated carbocycles. The van der Waals surface area contributed by atoms with Crippen molar-refractivity contribution in [3.05, 3.63) is 41.5 Å². The van der Waals surface area contributed by atoms with Crippen LogP contribution in [0, 0.1) is 0 Å². The van der Waals surface area contributed by atoms with E-state index in [1.54, 1.807) is 34.4 Å². The highest BCUT2D eigenvalue weighted by Gasteiger charge is 2.05. The summed E-state index contributed by atoms with van der Waals surface area (Å²) in [5.41, 5.74) is 0.313. The predicted molar refractivity (Wildman–Crippen MR) is 50.6 cm³/mol. The zero-order valence-corrected chi connectivity index (χ0v) is 7.49. The first-order valence-corrected chi connectivity index (χ1v) is 4.60. The van der Waals surface area contributed by atoms with Crippen LogP contribution in [0.25, 0.3) is 5.00 Å². The van der Waals surface area contributed by atoms with Crippen molar-refractivity contribution in [1.82, 2.24) is 4.57 Å². The van der Waals surface area contributed by atoms with E-state index >= 15 is 0 Å². The summed E-state index contributed by atoms with van der Waals surface area (Å²) in [5.74, 6) is -0.893. The molecule has 0 aliphatic rings. The third kappa shape index (κ3) is 1.48. The minimum absolute atomic E-state index is 0.313. The molecule has 1 N–H and O–H groups in total. The maximum atomic E-state index is 10.6. The number of carboxylic acid groups (broad SMARTS) is 1. The SMILES string of the molecule is O=C(O)c1ccn(-c2cccs2)c1. The summed E-state index contributed by atoms with van der Waals surface area (Å²) in [5, 5.41) is 11.7. The topological polar surface area (TPSA) is 42.2 Å². The van der Waals surface area contributed by atoms with Gasteiger partial charge in [-0.15, -0.1) is 11.3 Å². The van der Waals surface area contributed by atoms with Gasteiger partial charge in [-0.05, 0) is 23.6 Å². The fraction of sp³-hybridized carbons (Fsp3) is 0. The van der Waals surface area contributed by atoms with E-state index < -0.39 is 5.97 Å². The van der Waals surface area contributed by atoms with E-state index in [-0.39, 0.29) is 0 Å². The van der Waals surface area contributed by atoms with Crippen molar-refractivity contribution in [2.45, 2.75) is 0 Å². The lowest BCUT2D eigenvalue weighted by atomic mass is 10.4. The maximum Gasteiger partial charge on any atom is 0.337 e. The molecule has 0 radical (unpaired) electrons. The third-order valence-corrected chi connectivity index (χ3v) is 2.58. The van der Waals surface area contributed by atoms with Gasteiger partial charge in [-0.1, -0.05) is 0 Å². The summed E-state index contributed by atoms with van der Waals surface area (Å²) in [6, 6.07) is 5.46. The lowest BCUT2D eigenvalue weighted by molar-refractivity contribution is 0.0697. The highest BCUT2D eigenvalue weighted by atomic mass is 32.1. The minimum atomic E-state index is -0.893. The normalized spacial score (nSPS) is 10.2. The molecule has 3 nitrogen and oxygen atoms in total. The predicted octanol–water partition coefficient (Wildman–Crippen LogP) is 2.24. The highest BCUT2D eigenvalue weighted by molar-refractivity contribution is 7.12. The fourth-order valence-electron chi connectivity index (χ4n) is 1.08. The van der Waals surface area contributed by atoms with Crippen molar-refractivity contribution in [2.24, 2.45) is 0 Å². The van der Waals surface area contributed by atoms with Gasteiger partial charge in [0.1, 0.15) is 0 Å². The van der Waals surface area contributed by atoms with Crippen molar-refractivity contribution in [2.75, 3.05) is 0 Å². The molecular formula is C9H7NO2S. The number of thiophene rings is 1. The maximum absolute atomic E-state index is 10.6. The van der Waals surface area contributed by atoms with E-state index in [0.29, 0.717) is 5.56 Å². The molecule has 66 valence electrons. The quantitative estimate of drug-likeness (QED) is 0.794. The molecule has 13 heavy (non-hydrogen) atoms. The smallest absolute Gasteiger partial charge is 0.337 e. The Labute approximate surface area is 78.9 Å². The first-order chi connectivity index (χ1) is 6.27. The van der Waals surface area contributed by atoms with E-state index in [1.807, 2.05) is 17.5 Å². The van der Waals surface area contributed by atoms with Crippen LogP contribution >= 0.6 is 11.3 Å². The van der Waals surface area contributed by atoms with E-state index in [1.165, 1.54) is 0 Å². The van der Waals surface area contributed by atoms with E-state index in [4.69, 9.17) is 5.11 Å². The van der Waals surface area contributed by atoms with Crippen LogP contribution in [0.4, 0.5) is 0 Å². The van der Waals surface area contributed by atoms with Crippen LogP contribution < -0.4 is 0 Å². The Bertz CT molecular complexity index is 417. The summed E-state index contributed by atoms with van der Waals surface area (Å²) in [4.78, 5) is 10.6. The molecule has 2 aromatic heterocycles. The van der Waals surface area contributed by atoms with Gasteiger partial charge in [0, 0.05) is 12.4 Å². The Hall–Kier alpha value is -1.55. The van der Waals surface area contributed by atoms with Crippen molar-refractivity contribution in [3.8, 4) is 5.00 Å². The second-order valence-corrected chi connectivity index (χ2v) is 3.49. The first kappa shape index (κ1) is 8.07. The van der Waals surface area contributed by atoms with Gasteiger partial charge in [0.15, 0.2) is 0 Å². The molecule has 2 heterocycles. The average molecular weight is 193 g/mol. The Kier molecular flexibility index (Phi) is 1.90. The van der Waals surface area contributed by atoms with Crippen LogP contribution in [-0.4, -0.2) is 15.6 Å². The van der Waals surface area contributed by atoms with Gasteiger partial charge < -0.3 is 9.67 Å². The molecular weight excluding hydrogens is 186 g/mol. The molecule has 2 rings (SSSR count). The second kappa shape index (κ2) is 3.06. The highest BCUT2D eigenvalue weighted by Crippen LogP contribution is 2.16.